The number of para-hydroxylation sites is 1. The zero-order valence-electron chi connectivity index (χ0n) is 9.07. The van der Waals surface area contributed by atoms with Crippen LogP contribution >= 0.6 is 0 Å². The van der Waals surface area contributed by atoms with Gasteiger partial charge in [-0.1, -0.05) is 12.1 Å². The number of benzene rings is 1. The zero-order valence-corrected chi connectivity index (χ0v) is 9.07. The number of nitro benzene ring substituents is 1. The van der Waals surface area contributed by atoms with Crippen LogP contribution in [0.5, 0.6) is 0 Å². The van der Waals surface area contributed by atoms with Crippen LogP contribution in [0, 0.1) is 10.1 Å². The SMILES string of the molecule is O=C(O)CC(=Cc1ccccc1[N+](=O)[O-])C(=O)O. The Balaban J connectivity index is 3.23. The number of hydrogen-bond acceptors (Lipinski definition) is 4. The van der Waals surface area contributed by atoms with Gasteiger partial charge >= 0.3 is 11.9 Å². The van der Waals surface area contributed by atoms with Crippen LogP contribution in [0.3, 0.4) is 0 Å². The monoisotopic (exact) mass is 251 g/mol. The molecular weight excluding hydrogens is 242 g/mol. The highest BCUT2D eigenvalue weighted by molar-refractivity contribution is 5.97. The lowest BCUT2D eigenvalue weighted by Gasteiger charge is -2.00. The molecule has 2 N–H and O–H groups in total. The van der Waals surface area contributed by atoms with Gasteiger partial charge in [0.1, 0.15) is 0 Å². The summed E-state index contributed by atoms with van der Waals surface area (Å²) >= 11 is 0. The van der Waals surface area contributed by atoms with E-state index in [1.165, 1.54) is 24.3 Å². The number of carbonyl (C=O) groups is 2. The highest BCUT2D eigenvalue weighted by atomic mass is 16.6. The molecule has 0 aromatic heterocycles. The first-order chi connectivity index (χ1) is 8.41. The van der Waals surface area contributed by atoms with Crippen molar-refractivity contribution in [3.8, 4) is 0 Å². The second kappa shape index (κ2) is 5.58. The van der Waals surface area contributed by atoms with Crippen LogP contribution in [-0.2, 0) is 9.59 Å². The summed E-state index contributed by atoms with van der Waals surface area (Å²) < 4.78 is 0. The highest BCUT2D eigenvalue weighted by Gasteiger charge is 2.16. The molecule has 0 heterocycles. The summed E-state index contributed by atoms with van der Waals surface area (Å²) in [4.78, 5) is 31.4. The minimum Gasteiger partial charge on any atom is -0.481 e. The fourth-order valence-corrected chi connectivity index (χ4v) is 1.31. The molecule has 0 aliphatic carbocycles. The Morgan fingerprint density at radius 3 is 2.39 bits per heavy atom. The molecule has 0 spiro atoms. The van der Waals surface area contributed by atoms with E-state index in [2.05, 4.69) is 0 Å². The Labute approximate surface area is 101 Å². The molecule has 0 unspecified atom stereocenters. The maximum Gasteiger partial charge on any atom is 0.332 e. The van der Waals surface area contributed by atoms with Gasteiger partial charge < -0.3 is 10.2 Å². The fraction of sp³-hybridized carbons (Fsp3) is 0.0909. The predicted molar refractivity (Wildman–Crippen MR) is 61.0 cm³/mol. The minimum atomic E-state index is -1.42. The molecule has 0 fully saturated rings. The van der Waals surface area contributed by atoms with Gasteiger partial charge in [0.25, 0.3) is 5.69 Å². The molecule has 0 aliphatic heterocycles. The maximum atomic E-state index is 10.8. The van der Waals surface area contributed by atoms with Crippen molar-refractivity contribution in [1.29, 1.82) is 0 Å². The molecule has 1 aromatic rings. The molecule has 0 saturated heterocycles. The van der Waals surface area contributed by atoms with Gasteiger partial charge in [0, 0.05) is 11.6 Å². The van der Waals surface area contributed by atoms with E-state index in [1.54, 1.807) is 0 Å². The molecule has 7 heteroatoms. The first-order valence-electron chi connectivity index (χ1n) is 4.81. The summed E-state index contributed by atoms with van der Waals surface area (Å²) in [6.07, 6.45) is 0.288. The van der Waals surface area contributed by atoms with E-state index in [1.807, 2.05) is 0 Å². The number of nitro groups is 1. The van der Waals surface area contributed by atoms with Crippen molar-refractivity contribution in [3.63, 3.8) is 0 Å². The van der Waals surface area contributed by atoms with Crippen LogP contribution in [0.4, 0.5) is 5.69 Å². The van der Waals surface area contributed by atoms with Crippen LogP contribution in [0.25, 0.3) is 6.08 Å². The van der Waals surface area contributed by atoms with Crippen molar-refractivity contribution < 1.29 is 24.7 Å². The van der Waals surface area contributed by atoms with E-state index in [9.17, 15) is 19.7 Å². The topological polar surface area (TPSA) is 118 Å². The third kappa shape index (κ3) is 3.41. The molecule has 18 heavy (non-hydrogen) atoms. The molecule has 1 aromatic carbocycles. The number of hydrogen-bond donors (Lipinski definition) is 2. The number of carboxylic acid groups (broad SMARTS) is 2. The first kappa shape index (κ1) is 13.4. The molecular formula is C11H9NO6. The van der Waals surface area contributed by atoms with Gasteiger partial charge in [0.05, 0.1) is 16.9 Å². The summed E-state index contributed by atoms with van der Waals surface area (Å²) in [6, 6.07) is 5.50. The van der Waals surface area contributed by atoms with Gasteiger partial charge in [-0.05, 0) is 12.1 Å². The largest absolute Gasteiger partial charge is 0.481 e. The summed E-state index contributed by atoms with van der Waals surface area (Å²) in [5, 5.41) is 28.1. The van der Waals surface area contributed by atoms with Gasteiger partial charge in [-0.25, -0.2) is 4.79 Å². The van der Waals surface area contributed by atoms with Gasteiger partial charge in [-0.15, -0.1) is 0 Å². The van der Waals surface area contributed by atoms with Gasteiger partial charge in [-0.2, -0.15) is 0 Å². The standard InChI is InChI=1S/C11H9NO6/c13-10(14)6-8(11(15)16)5-7-3-1-2-4-9(7)12(17)18/h1-5H,6H2,(H,13,14)(H,15,16). The van der Waals surface area contributed by atoms with E-state index in [4.69, 9.17) is 10.2 Å². The molecule has 0 radical (unpaired) electrons. The third-order valence-corrected chi connectivity index (χ3v) is 2.08. The summed E-state index contributed by atoms with van der Waals surface area (Å²) in [5.74, 6) is -2.74. The second-order valence-electron chi connectivity index (χ2n) is 3.36. The Bertz CT molecular complexity index is 534. The molecule has 0 amide bonds. The first-order valence-corrected chi connectivity index (χ1v) is 4.81. The predicted octanol–water partition coefficient (Wildman–Crippen LogP) is 1.54. The number of aliphatic carboxylic acids is 2. The van der Waals surface area contributed by atoms with Crippen LogP contribution in [0.1, 0.15) is 12.0 Å². The number of nitrogens with zero attached hydrogens (tertiary/aromatic N) is 1. The number of carboxylic acids is 2. The van der Waals surface area contributed by atoms with Crippen LogP contribution < -0.4 is 0 Å². The molecule has 94 valence electrons. The average molecular weight is 251 g/mol. The minimum absolute atomic E-state index is 0.0566. The summed E-state index contributed by atoms with van der Waals surface area (Å²) in [7, 11) is 0. The molecule has 7 nitrogen and oxygen atoms in total. The van der Waals surface area contributed by atoms with Crippen LogP contribution in [-0.4, -0.2) is 27.1 Å². The highest BCUT2D eigenvalue weighted by Crippen LogP contribution is 2.21. The number of rotatable bonds is 5. The van der Waals surface area contributed by atoms with Crippen molar-refractivity contribution in [1.82, 2.24) is 0 Å². The van der Waals surface area contributed by atoms with E-state index in [0.717, 1.165) is 6.08 Å². The van der Waals surface area contributed by atoms with Crippen molar-refractivity contribution in [3.05, 3.63) is 45.5 Å². The van der Waals surface area contributed by atoms with E-state index < -0.39 is 28.9 Å². The Morgan fingerprint density at radius 1 is 1.28 bits per heavy atom. The quantitative estimate of drug-likeness (QED) is 0.465. The van der Waals surface area contributed by atoms with E-state index >= 15 is 0 Å². The van der Waals surface area contributed by atoms with Crippen molar-refractivity contribution >= 4 is 23.7 Å². The lowest BCUT2D eigenvalue weighted by molar-refractivity contribution is -0.385. The molecule has 0 aliphatic rings. The Hall–Kier alpha value is -2.70. The average Bonchev–Trinajstić information content (AvgIpc) is 2.27. The Kier molecular flexibility index (Phi) is 4.14. The van der Waals surface area contributed by atoms with Gasteiger partial charge in [0.2, 0.25) is 0 Å². The lowest BCUT2D eigenvalue weighted by atomic mass is 10.1. The maximum absolute atomic E-state index is 10.8. The van der Waals surface area contributed by atoms with Crippen LogP contribution in [0.15, 0.2) is 29.8 Å². The normalized spacial score (nSPS) is 11.0. The lowest BCUT2D eigenvalue weighted by Crippen LogP contribution is -2.06. The van der Waals surface area contributed by atoms with E-state index in [-0.39, 0.29) is 11.3 Å². The molecule has 0 bridgehead atoms. The van der Waals surface area contributed by atoms with Gasteiger partial charge in [-0.3, -0.25) is 14.9 Å². The second-order valence-corrected chi connectivity index (χ2v) is 3.36. The third-order valence-electron chi connectivity index (χ3n) is 2.08. The zero-order chi connectivity index (χ0) is 13.7. The molecule has 1 rings (SSSR count). The van der Waals surface area contributed by atoms with Crippen molar-refractivity contribution in [2.45, 2.75) is 6.42 Å². The summed E-state index contributed by atoms with van der Waals surface area (Å²) in [5.41, 5.74) is -0.639. The molecule has 0 atom stereocenters. The van der Waals surface area contributed by atoms with E-state index in [0.29, 0.717) is 0 Å². The van der Waals surface area contributed by atoms with Gasteiger partial charge in [0.15, 0.2) is 0 Å². The molecule has 0 saturated carbocycles. The van der Waals surface area contributed by atoms with Crippen LogP contribution in [0.2, 0.25) is 0 Å². The Morgan fingerprint density at radius 2 is 1.89 bits per heavy atom. The van der Waals surface area contributed by atoms with Crippen molar-refractivity contribution in [2.24, 2.45) is 0 Å². The summed E-state index contributed by atoms with van der Waals surface area (Å²) in [6.45, 7) is 0. The fourth-order valence-electron chi connectivity index (χ4n) is 1.31. The van der Waals surface area contributed by atoms with Crippen molar-refractivity contribution in [2.75, 3.05) is 0 Å². The smallest absolute Gasteiger partial charge is 0.332 e.